The lowest BCUT2D eigenvalue weighted by molar-refractivity contribution is -0.117. The van der Waals surface area contributed by atoms with Gasteiger partial charge in [0.1, 0.15) is 5.60 Å². The molecule has 6 heteroatoms. The molecule has 0 bridgehead atoms. The van der Waals surface area contributed by atoms with E-state index in [1.807, 2.05) is 53.2 Å². The smallest absolute Gasteiger partial charge is 0.244 e. The van der Waals surface area contributed by atoms with Crippen molar-refractivity contribution in [1.29, 1.82) is 0 Å². The molecule has 0 aliphatic heterocycles. The van der Waals surface area contributed by atoms with Crippen LogP contribution in [-0.4, -0.2) is 17.6 Å². The van der Waals surface area contributed by atoms with Gasteiger partial charge in [-0.05, 0) is 40.6 Å². The van der Waals surface area contributed by atoms with Crippen LogP contribution in [0, 0.1) is 0 Å². The number of carbonyl (C=O) groups is 1. The summed E-state index contributed by atoms with van der Waals surface area (Å²) in [4.78, 5) is 13.8. The van der Waals surface area contributed by atoms with Gasteiger partial charge in [-0.15, -0.1) is 22.7 Å². The molecule has 0 atom stereocenters. The molecule has 0 saturated carbocycles. The first-order valence-electron chi connectivity index (χ1n) is 7.60. The first-order valence-corrected chi connectivity index (χ1v) is 9.74. The van der Waals surface area contributed by atoms with Crippen LogP contribution in [-0.2, 0) is 10.4 Å². The first kappa shape index (κ1) is 17.9. The van der Waals surface area contributed by atoms with Crippen LogP contribution in [0.15, 0.2) is 65.4 Å². The average Bonchev–Trinajstić information content (AvgIpc) is 3.32. The topological polar surface area (TPSA) is 49.3 Å². The number of nitrogens with one attached hydrogen (secondary N) is 1. The molecule has 2 aromatic heterocycles. The fraction of sp³-hybridized carbons (Fsp3) is 0.105. The molecule has 128 valence electrons. The zero-order valence-corrected chi connectivity index (χ0v) is 15.6. The number of rotatable bonds is 6. The van der Waals surface area contributed by atoms with Gasteiger partial charge in [0, 0.05) is 20.9 Å². The number of benzene rings is 1. The van der Waals surface area contributed by atoms with Crippen LogP contribution in [0.1, 0.15) is 15.3 Å². The molecule has 2 heterocycles. The Bertz CT molecular complexity index is 823. The van der Waals surface area contributed by atoms with E-state index >= 15 is 0 Å². The second kappa shape index (κ2) is 7.97. The quantitative estimate of drug-likeness (QED) is 0.608. The molecule has 1 aromatic carbocycles. The van der Waals surface area contributed by atoms with Gasteiger partial charge in [-0.2, -0.15) is 0 Å². The Kier molecular flexibility index (Phi) is 5.71. The maximum Gasteiger partial charge on any atom is 0.244 e. The van der Waals surface area contributed by atoms with E-state index in [0.29, 0.717) is 5.02 Å². The number of hydrogen-bond acceptors (Lipinski definition) is 4. The monoisotopic (exact) mass is 389 g/mol. The molecule has 0 saturated heterocycles. The van der Waals surface area contributed by atoms with E-state index in [9.17, 15) is 9.90 Å². The summed E-state index contributed by atoms with van der Waals surface area (Å²) in [5.41, 5.74) is -0.456. The molecule has 3 nitrogen and oxygen atoms in total. The summed E-state index contributed by atoms with van der Waals surface area (Å²) in [6.45, 7) is 0.0969. The van der Waals surface area contributed by atoms with Gasteiger partial charge in [0.2, 0.25) is 5.91 Å². The Morgan fingerprint density at radius 3 is 2.28 bits per heavy atom. The molecule has 0 fully saturated rings. The third-order valence-electron chi connectivity index (χ3n) is 3.70. The number of hydrogen-bond donors (Lipinski definition) is 2. The van der Waals surface area contributed by atoms with Crippen LogP contribution in [0.2, 0.25) is 5.02 Å². The van der Waals surface area contributed by atoms with Gasteiger partial charge >= 0.3 is 0 Å². The highest BCUT2D eigenvalue weighted by Gasteiger charge is 2.34. The van der Waals surface area contributed by atoms with Gasteiger partial charge in [0.25, 0.3) is 0 Å². The molecule has 3 aromatic rings. The predicted octanol–water partition coefficient (Wildman–Crippen LogP) is 4.53. The number of halogens is 1. The Morgan fingerprint density at radius 2 is 1.72 bits per heavy atom. The minimum absolute atomic E-state index is 0.0969. The van der Waals surface area contributed by atoms with E-state index in [1.165, 1.54) is 28.7 Å². The summed E-state index contributed by atoms with van der Waals surface area (Å²) in [5.74, 6) is -0.286. The van der Waals surface area contributed by atoms with Crippen molar-refractivity contribution in [1.82, 2.24) is 5.32 Å². The predicted molar refractivity (Wildman–Crippen MR) is 105 cm³/mol. The second-order valence-corrected chi connectivity index (χ2v) is 7.69. The van der Waals surface area contributed by atoms with Gasteiger partial charge in [-0.3, -0.25) is 4.79 Å². The maximum absolute atomic E-state index is 12.2. The number of thiophene rings is 2. The molecule has 0 aliphatic carbocycles. The van der Waals surface area contributed by atoms with Crippen LogP contribution in [0.5, 0.6) is 0 Å². The summed E-state index contributed by atoms with van der Waals surface area (Å²) in [6, 6.07) is 14.8. The normalized spacial score (nSPS) is 11.8. The summed E-state index contributed by atoms with van der Waals surface area (Å²) in [7, 11) is 0. The summed E-state index contributed by atoms with van der Waals surface area (Å²) < 4.78 is 0. The highest BCUT2D eigenvalue weighted by atomic mass is 35.5. The number of aliphatic hydroxyl groups is 1. The van der Waals surface area contributed by atoms with Gasteiger partial charge < -0.3 is 10.4 Å². The van der Waals surface area contributed by atoms with E-state index in [0.717, 1.165) is 15.3 Å². The fourth-order valence-electron chi connectivity index (χ4n) is 2.37. The second-order valence-electron chi connectivity index (χ2n) is 5.39. The molecule has 2 N–H and O–H groups in total. The molecule has 3 rings (SSSR count). The average molecular weight is 390 g/mol. The first-order chi connectivity index (χ1) is 12.1. The highest BCUT2D eigenvalue weighted by Crippen LogP contribution is 2.34. The van der Waals surface area contributed by atoms with E-state index in [4.69, 9.17) is 11.6 Å². The highest BCUT2D eigenvalue weighted by molar-refractivity contribution is 7.11. The van der Waals surface area contributed by atoms with Crippen LogP contribution in [0.3, 0.4) is 0 Å². The van der Waals surface area contributed by atoms with Crippen LogP contribution < -0.4 is 5.32 Å². The Labute approximate surface area is 159 Å². The summed E-state index contributed by atoms with van der Waals surface area (Å²) in [5, 5.41) is 18.4. The molecule has 25 heavy (non-hydrogen) atoms. The van der Waals surface area contributed by atoms with Crippen molar-refractivity contribution < 1.29 is 9.90 Å². The SMILES string of the molecule is O=C(/C=C/c1ccccc1Cl)NCC(O)(c1cccs1)c1cccs1. The fourth-order valence-corrected chi connectivity index (χ4v) is 4.31. The zero-order valence-electron chi connectivity index (χ0n) is 13.2. The van der Waals surface area contributed by atoms with E-state index in [2.05, 4.69) is 5.32 Å². The van der Waals surface area contributed by atoms with Crippen LogP contribution >= 0.6 is 34.3 Å². The molecular weight excluding hydrogens is 374 g/mol. The van der Waals surface area contributed by atoms with Crippen LogP contribution in [0.25, 0.3) is 6.08 Å². The summed E-state index contributed by atoms with van der Waals surface area (Å²) in [6.07, 6.45) is 3.08. The maximum atomic E-state index is 12.2. The zero-order chi connectivity index (χ0) is 17.7. The Morgan fingerprint density at radius 1 is 1.08 bits per heavy atom. The third-order valence-corrected chi connectivity index (χ3v) is 6.08. The molecule has 0 unspecified atom stereocenters. The lowest BCUT2D eigenvalue weighted by Gasteiger charge is -2.26. The van der Waals surface area contributed by atoms with Crippen molar-refractivity contribution in [3.05, 3.63) is 85.7 Å². The lowest BCUT2D eigenvalue weighted by atomic mass is 10.00. The van der Waals surface area contributed by atoms with Crippen LogP contribution in [0.4, 0.5) is 0 Å². The standard InChI is InChI=1S/C19H16ClNO2S2/c20-15-6-2-1-5-14(15)9-10-18(22)21-13-19(23,16-7-3-11-24-16)17-8-4-12-25-17/h1-12,23H,13H2,(H,21,22)/b10-9+. The van der Waals surface area contributed by atoms with Crippen molar-refractivity contribution in [2.24, 2.45) is 0 Å². The van der Waals surface area contributed by atoms with E-state index in [-0.39, 0.29) is 12.5 Å². The molecule has 0 radical (unpaired) electrons. The summed E-state index contributed by atoms with van der Waals surface area (Å²) >= 11 is 9.00. The van der Waals surface area contributed by atoms with Crippen molar-refractivity contribution in [3.8, 4) is 0 Å². The van der Waals surface area contributed by atoms with E-state index in [1.54, 1.807) is 12.1 Å². The van der Waals surface area contributed by atoms with Gasteiger partial charge in [0.15, 0.2) is 0 Å². The van der Waals surface area contributed by atoms with Crippen molar-refractivity contribution in [2.45, 2.75) is 5.60 Å². The van der Waals surface area contributed by atoms with Gasteiger partial charge in [-0.1, -0.05) is 41.9 Å². The Balaban J connectivity index is 1.72. The van der Waals surface area contributed by atoms with Crippen molar-refractivity contribution in [2.75, 3.05) is 6.54 Å². The van der Waals surface area contributed by atoms with Gasteiger partial charge in [-0.25, -0.2) is 0 Å². The van der Waals surface area contributed by atoms with Gasteiger partial charge in [0.05, 0.1) is 6.54 Å². The molecule has 0 spiro atoms. The Hall–Kier alpha value is -1.92. The third kappa shape index (κ3) is 4.19. The number of carbonyl (C=O) groups excluding carboxylic acids is 1. The molecular formula is C19H16ClNO2S2. The van der Waals surface area contributed by atoms with Crippen molar-refractivity contribution >= 4 is 46.3 Å². The lowest BCUT2D eigenvalue weighted by Crippen LogP contribution is -2.40. The largest absolute Gasteiger partial charge is 0.377 e. The van der Waals surface area contributed by atoms with E-state index < -0.39 is 5.60 Å². The minimum atomic E-state index is -1.23. The number of amides is 1. The molecule has 1 amide bonds. The van der Waals surface area contributed by atoms with Crippen molar-refractivity contribution in [3.63, 3.8) is 0 Å². The molecule has 0 aliphatic rings. The minimum Gasteiger partial charge on any atom is -0.377 e.